The third-order valence-corrected chi connectivity index (χ3v) is 3.16. The Bertz CT molecular complexity index is 491. The van der Waals surface area contributed by atoms with Crippen molar-refractivity contribution in [3.05, 3.63) is 40.6 Å². The SMILES string of the molecule is Cc1nn(CCN)cc1-c1ccccc1Br. The average Bonchev–Trinajstić information content (AvgIpc) is 2.61. The summed E-state index contributed by atoms with van der Waals surface area (Å²) in [4.78, 5) is 0. The molecule has 0 aliphatic carbocycles. The van der Waals surface area contributed by atoms with Gasteiger partial charge in [0.2, 0.25) is 0 Å². The molecule has 0 atom stereocenters. The molecule has 0 saturated heterocycles. The zero-order chi connectivity index (χ0) is 11.5. The number of benzene rings is 1. The lowest BCUT2D eigenvalue weighted by Crippen LogP contribution is -2.10. The number of rotatable bonds is 3. The van der Waals surface area contributed by atoms with Crippen LogP contribution in [-0.2, 0) is 6.54 Å². The van der Waals surface area contributed by atoms with E-state index in [0.29, 0.717) is 6.54 Å². The number of aromatic nitrogens is 2. The topological polar surface area (TPSA) is 43.8 Å². The van der Waals surface area contributed by atoms with Gasteiger partial charge in [0.1, 0.15) is 0 Å². The van der Waals surface area contributed by atoms with Gasteiger partial charge in [-0.2, -0.15) is 5.10 Å². The van der Waals surface area contributed by atoms with E-state index >= 15 is 0 Å². The highest BCUT2D eigenvalue weighted by atomic mass is 79.9. The molecule has 16 heavy (non-hydrogen) atoms. The van der Waals surface area contributed by atoms with Gasteiger partial charge in [0.25, 0.3) is 0 Å². The van der Waals surface area contributed by atoms with Crippen molar-refractivity contribution in [3.8, 4) is 11.1 Å². The molecule has 1 aromatic heterocycles. The van der Waals surface area contributed by atoms with Crippen molar-refractivity contribution in [2.24, 2.45) is 5.73 Å². The Hall–Kier alpha value is -1.13. The Morgan fingerprint density at radius 1 is 1.31 bits per heavy atom. The predicted octanol–water partition coefficient (Wildman–Crippen LogP) is 2.58. The van der Waals surface area contributed by atoms with E-state index in [1.54, 1.807) is 0 Å². The van der Waals surface area contributed by atoms with Crippen LogP contribution in [0.5, 0.6) is 0 Å². The minimum atomic E-state index is 0.608. The molecule has 0 radical (unpaired) electrons. The molecule has 84 valence electrons. The zero-order valence-corrected chi connectivity index (χ0v) is 10.7. The fourth-order valence-corrected chi connectivity index (χ4v) is 2.21. The molecule has 0 aliphatic rings. The normalized spacial score (nSPS) is 10.7. The maximum absolute atomic E-state index is 5.52. The van der Waals surface area contributed by atoms with E-state index in [1.807, 2.05) is 36.0 Å². The first-order valence-electron chi connectivity index (χ1n) is 5.21. The summed E-state index contributed by atoms with van der Waals surface area (Å²) in [6, 6.07) is 8.16. The summed E-state index contributed by atoms with van der Waals surface area (Å²) >= 11 is 3.55. The molecule has 0 spiro atoms. The summed E-state index contributed by atoms with van der Waals surface area (Å²) in [5.74, 6) is 0. The highest BCUT2D eigenvalue weighted by Crippen LogP contribution is 2.29. The molecule has 1 aromatic carbocycles. The molecule has 0 fully saturated rings. The quantitative estimate of drug-likeness (QED) is 0.939. The molecule has 0 bridgehead atoms. The van der Waals surface area contributed by atoms with Crippen LogP contribution in [0, 0.1) is 6.92 Å². The molecular weight excluding hydrogens is 266 g/mol. The van der Waals surface area contributed by atoms with Crippen LogP contribution in [0.2, 0.25) is 0 Å². The van der Waals surface area contributed by atoms with Gasteiger partial charge in [0.05, 0.1) is 12.2 Å². The third kappa shape index (κ3) is 2.18. The molecule has 4 heteroatoms. The number of hydrogen-bond donors (Lipinski definition) is 1. The van der Waals surface area contributed by atoms with Crippen LogP contribution in [0.25, 0.3) is 11.1 Å². The van der Waals surface area contributed by atoms with Crippen LogP contribution in [0.1, 0.15) is 5.69 Å². The maximum Gasteiger partial charge on any atom is 0.0672 e. The molecule has 1 heterocycles. The zero-order valence-electron chi connectivity index (χ0n) is 9.15. The Kier molecular flexibility index (Phi) is 3.41. The van der Waals surface area contributed by atoms with E-state index in [0.717, 1.165) is 22.3 Å². The van der Waals surface area contributed by atoms with Crippen LogP contribution in [0.15, 0.2) is 34.9 Å². The second-order valence-electron chi connectivity index (χ2n) is 3.66. The first kappa shape index (κ1) is 11.4. The minimum absolute atomic E-state index is 0.608. The number of halogens is 1. The molecule has 2 rings (SSSR count). The smallest absolute Gasteiger partial charge is 0.0672 e. The van der Waals surface area contributed by atoms with Gasteiger partial charge in [-0.3, -0.25) is 4.68 Å². The number of aryl methyl sites for hydroxylation is 1. The van der Waals surface area contributed by atoms with Gasteiger partial charge in [0, 0.05) is 22.8 Å². The fourth-order valence-electron chi connectivity index (χ4n) is 1.71. The van der Waals surface area contributed by atoms with Crippen molar-refractivity contribution < 1.29 is 0 Å². The standard InChI is InChI=1S/C12H14BrN3/c1-9-11(8-16(15-9)7-6-14)10-4-2-3-5-12(10)13/h2-5,8H,6-7,14H2,1H3. The van der Waals surface area contributed by atoms with Crippen molar-refractivity contribution in [1.82, 2.24) is 9.78 Å². The van der Waals surface area contributed by atoms with Gasteiger partial charge in [-0.05, 0) is 18.6 Å². The molecule has 0 saturated carbocycles. The van der Waals surface area contributed by atoms with Crippen molar-refractivity contribution >= 4 is 15.9 Å². The van der Waals surface area contributed by atoms with Gasteiger partial charge in [-0.1, -0.05) is 34.1 Å². The van der Waals surface area contributed by atoms with Crippen LogP contribution < -0.4 is 5.73 Å². The van der Waals surface area contributed by atoms with Crippen molar-refractivity contribution in [2.45, 2.75) is 13.5 Å². The summed E-state index contributed by atoms with van der Waals surface area (Å²) in [6.07, 6.45) is 2.04. The number of hydrogen-bond acceptors (Lipinski definition) is 2. The van der Waals surface area contributed by atoms with Crippen LogP contribution in [0.4, 0.5) is 0 Å². The lowest BCUT2D eigenvalue weighted by molar-refractivity contribution is 0.620. The number of nitrogens with two attached hydrogens (primary N) is 1. The van der Waals surface area contributed by atoms with Crippen LogP contribution >= 0.6 is 15.9 Å². The van der Waals surface area contributed by atoms with Gasteiger partial charge >= 0.3 is 0 Å². The Balaban J connectivity index is 2.44. The Labute approximate surface area is 103 Å². The summed E-state index contributed by atoms with van der Waals surface area (Å²) in [7, 11) is 0. The van der Waals surface area contributed by atoms with Crippen LogP contribution in [0.3, 0.4) is 0 Å². The Morgan fingerprint density at radius 3 is 2.75 bits per heavy atom. The highest BCUT2D eigenvalue weighted by molar-refractivity contribution is 9.10. The second-order valence-corrected chi connectivity index (χ2v) is 4.51. The van der Waals surface area contributed by atoms with E-state index < -0.39 is 0 Å². The summed E-state index contributed by atoms with van der Waals surface area (Å²) in [5.41, 5.74) is 8.87. The molecule has 0 unspecified atom stereocenters. The predicted molar refractivity (Wildman–Crippen MR) is 69.2 cm³/mol. The second kappa shape index (κ2) is 4.80. The lowest BCUT2D eigenvalue weighted by Gasteiger charge is -2.01. The van der Waals surface area contributed by atoms with Gasteiger partial charge in [-0.25, -0.2) is 0 Å². The first-order valence-corrected chi connectivity index (χ1v) is 6.00. The van der Waals surface area contributed by atoms with Crippen molar-refractivity contribution in [3.63, 3.8) is 0 Å². The summed E-state index contributed by atoms with van der Waals surface area (Å²) < 4.78 is 2.98. The van der Waals surface area contributed by atoms with Gasteiger partial charge in [0.15, 0.2) is 0 Å². The first-order chi connectivity index (χ1) is 7.72. The Morgan fingerprint density at radius 2 is 2.06 bits per heavy atom. The molecular formula is C12H14BrN3. The highest BCUT2D eigenvalue weighted by Gasteiger charge is 2.09. The molecule has 0 aliphatic heterocycles. The summed E-state index contributed by atoms with van der Waals surface area (Å²) in [5, 5.41) is 4.43. The van der Waals surface area contributed by atoms with Gasteiger partial charge < -0.3 is 5.73 Å². The van der Waals surface area contributed by atoms with E-state index in [1.165, 1.54) is 5.56 Å². The molecule has 2 aromatic rings. The fraction of sp³-hybridized carbons (Fsp3) is 0.250. The van der Waals surface area contributed by atoms with E-state index in [4.69, 9.17) is 5.73 Å². The summed E-state index contributed by atoms with van der Waals surface area (Å²) in [6.45, 7) is 3.38. The van der Waals surface area contributed by atoms with Crippen LogP contribution in [-0.4, -0.2) is 16.3 Å². The van der Waals surface area contributed by atoms with Crippen molar-refractivity contribution in [2.75, 3.05) is 6.54 Å². The number of nitrogens with zero attached hydrogens (tertiary/aromatic N) is 2. The average molecular weight is 280 g/mol. The van der Waals surface area contributed by atoms with E-state index in [9.17, 15) is 0 Å². The monoisotopic (exact) mass is 279 g/mol. The molecule has 2 N–H and O–H groups in total. The molecule has 0 amide bonds. The minimum Gasteiger partial charge on any atom is -0.329 e. The third-order valence-electron chi connectivity index (χ3n) is 2.47. The van der Waals surface area contributed by atoms with Crippen molar-refractivity contribution in [1.29, 1.82) is 0 Å². The van der Waals surface area contributed by atoms with E-state index in [-0.39, 0.29) is 0 Å². The largest absolute Gasteiger partial charge is 0.329 e. The van der Waals surface area contributed by atoms with Gasteiger partial charge in [-0.15, -0.1) is 0 Å². The lowest BCUT2D eigenvalue weighted by atomic mass is 10.1. The maximum atomic E-state index is 5.52. The molecule has 3 nitrogen and oxygen atoms in total. The van der Waals surface area contributed by atoms with E-state index in [2.05, 4.69) is 27.1 Å².